The van der Waals surface area contributed by atoms with Crippen LogP contribution in [-0.2, 0) is 9.59 Å². The van der Waals surface area contributed by atoms with Crippen molar-refractivity contribution in [2.75, 3.05) is 19.5 Å². The third kappa shape index (κ3) is 5.35. The van der Waals surface area contributed by atoms with E-state index in [1.807, 2.05) is 49.6 Å². The van der Waals surface area contributed by atoms with E-state index in [0.717, 1.165) is 28.2 Å². The topological polar surface area (TPSA) is 94.0 Å². The second kappa shape index (κ2) is 10.2. The van der Waals surface area contributed by atoms with Crippen LogP contribution in [0.3, 0.4) is 0 Å². The van der Waals surface area contributed by atoms with Gasteiger partial charge in [-0.15, -0.1) is 0 Å². The first-order valence-electron chi connectivity index (χ1n) is 10.1. The van der Waals surface area contributed by atoms with E-state index < -0.39 is 11.8 Å². The van der Waals surface area contributed by atoms with Gasteiger partial charge in [0, 0.05) is 22.6 Å². The first kappa shape index (κ1) is 23.9. The van der Waals surface area contributed by atoms with Crippen LogP contribution in [0, 0.1) is 20.8 Å². The summed E-state index contributed by atoms with van der Waals surface area (Å²) in [6.07, 6.45) is 1.49. The molecule has 2 amide bonds. The molecule has 0 unspecified atom stereocenters. The maximum absolute atomic E-state index is 12.2. The van der Waals surface area contributed by atoms with E-state index in [-0.39, 0.29) is 0 Å². The van der Waals surface area contributed by atoms with Gasteiger partial charge in [0.1, 0.15) is 11.5 Å². The van der Waals surface area contributed by atoms with E-state index in [1.165, 1.54) is 13.3 Å². The molecule has 8 nitrogen and oxygen atoms in total. The van der Waals surface area contributed by atoms with Crippen LogP contribution >= 0.6 is 11.6 Å². The number of carbonyl (C=O) groups excluding carboxylic acids is 2. The number of aryl methyl sites for hydroxylation is 2. The number of anilines is 1. The zero-order valence-corrected chi connectivity index (χ0v) is 19.8. The molecule has 33 heavy (non-hydrogen) atoms. The summed E-state index contributed by atoms with van der Waals surface area (Å²) in [5, 5.41) is 6.98. The first-order chi connectivity index (χ1) is 15.7. The number of hydrogen-bond donors (Lipinski definition) is 2. The van der Waals surface area contributed by atoms with Gasteiger partial charge in [-0.05, 0) is 62.7 Å². The van der Waals surface area contributed by atoms with Gasteiger partial charge >= 0.3 is 11.8 Å². The number of aromatic nitrogens is 1. The van der Waals surface area contributed by atoms with Gasteiger partial charge < -0.3 is 19.4 Å². The fourth-order valence-electron chi connectivity index (χ4n) is 3.42. The van der Waals surface area contributed by atoms with Crippen LogP contribution in [0.25, 0.3) is 5.69 Å². The molecule has 0 atom stereocenters. The normalized spacial score (nSPS) is 10.8. The van der Waals surface area contributed by atoms with Crippen molar-refractivity contribution in [2.45, 2.75) is 20.8 Å². The Hall–Kier alpha value is -3.78. The van der Waals surface area contributed by atoms with Gasteiger partial charge in [0.05, 0.1) is 31.1 Å². The second-order valence-corrected chi connectivity index (χ2v) is 7.74. The van der Waals surface area contributed by atoms with Crippen LogP contribution in [0.1, 0.15) is 22.5 Å². The van der Waals surface area contributed by atoms with E-state index in [1.54, 1.807) is 25.3 Å². The molecule has 3 aromatic rings. The maximum atomic E-state index is 12.2. The third-order valence-corrected chi connectivity index (χ3v) is 5.34. The monoisotopic (exact) mass is 468 g/mol. The van der Waals surface area contributed by atoms with Crippen molar-refractivity contribution in [1.82, 2.24) is 9.99 Å². The van der Waals surface area contributed by atoms with Gasteiger partial charge in [0.25, 0.3) is 0 Å². The molecule has 0 aliphatic heterocycles. The number of ether oxygens (including phenoxy) is 2. The molecule has 0 saturated carbocycles. The second-order valence-electron chi connectivity index (χ2n) is 7.34. The van der Waals surface area contributed by atoms with Gasteiger partial charge in [-0.3, -0.25) is 9.59 Å². The van der Waals surface area contributed by atoms with Gasteiger partial charge in [-0.2, -0.15) is 5.10 Å². The molecule has 172 valence electrons. The minimum absolute atomic E-state index is 0.406. The summed E-state index contributed by atoms with van der Waals surface area (Å²) >= 11 is 6.27. The highest BCUT2D eigenvalue weighted by atomic mass is 35.5. The molecule has 2 aromatic carbocycles. The molecule has 0 saturated heterocycles. The number of amides is 2. The Balaban J connectivity index is 1.71. The highest BCUT2D eigenvalue weighted by Gasteiger charge is 2.16. The molecular weight excluding hydrogens is 444 g/mol. The summed E-state index contributed by atoms with van der Waals surface area (Å²) in [5.41, 5.74) is 7.06. The van der Waals surface area contributed by atoms with Crippen LogP contribution in [0.4, 0.5) is 5.69 Å². The minimum Gasteiger partial charge on any atom is -0.495 e. The number of nitrogens with zero attached hydrogens (tertiary/aromatic N) is 2. The van der Waals surface area contributed by atoms with E-state index >= 15 is 0 Å². The fraction of sp³-hybridized carbons (Fsp3) is 0.208. The zero-order chi connectivity index (χ0) is 24.1. The number of nitrogens with one attached hydrogen (secondary N) is 2. The van der Waals surface area contributed by atoms with Crippen molar-refractivity contribution in [3.05, 3.63) is 70.0 Å². The van der Waals surface area contributed by atoms with E-state index in [2.05, 4.69) is 15.8 Å². The van der Waals surface area contributed by atoms with Crippen LogP contribution in [0.5, 0.6) is 11.5 Å². The van der Waals surface area contributed by atoms with Crippen molar-refractivity contribution >= 4 is 35.3 Å². The highest BCUT2D eigenvalue weighted by Crippen LogP contribution is 2.29. The van der Waals surface area contributed by atoms with Gasteiger partial charge in [-0.25, -0.2) is 5.43 Å². The highest BCUT2D eigenvalue weighted by molar-refractivity contribution is 6.39. The number of benzene rings is 2. The molecule has 9 heteroatoms. The summed E-state index contributed by atoms with van der Waals surface area (Å²) in [7, 11) is 3.05. The molecule has 2 N–H and O–H groups in total. The lowest BCUT2D eigenvalue weighted by Crippen LogP contribution is -2.32. The maximum Gasteiger partial charge on any atom is 0.329 e. The average Bonchev–Trinajstić information content (AvgIpc) is 3.06. The summed E-state index contributed by atoms with van der Waals surface area (Å²) < 4.78 is 12.4. The number of methoxy groups -OCH3 is 2. The lowest BCUT2D eigenvalue weighted by molar-refractivity contribution is -0.136. The Morgan fingerprint density at radius 2 is 1.67 bits per heavy atom. The number of halogens is 1. The Morgan fingerprint density at radius 3 is 2.33 bits per heavy atom. The van der Waals surface area contributed by atoms with Gasteiger partial charge in [-0.1, -0.05) is 17.7 Å². The predicted octanol–water partition coefficient (Wildman–Crippen LogP) is 4.16. The lowest BCUT2D eigenvalue weighted by Gasteiger charge is -2.11. The Labute approximate surface area is 197 Å². The number of hydrogen-bond acceptors (Lipinski definition) is 5. The van der Waals surface area contributed by atoms with Gasteiger partial charge in [0.15, 0.2) is 0 Å². The molecule has 3 rings (SSSR count). The fourth-order valence-corrected chi connectivity index (χ4v) is 3.67. The molecule has 0 aliphatic carbocycles. The van der Waals surface area contributed by atoms with Crippen LogP contribution in [0.15, 0.2) is 47.6 Å². The van der Waals surface area contributed by atoms with Crippen molar-refractivity contribution in [3.63, 3.8) is 0 Å². The number of hydrazone groups is 1. The van der Waals surface area contributed by atoms with Crippen molar-refractivity contribution in [2.24, 2.45) is 5.10 Å². The van der Waals surface area contributed by atoms with Gasteiger partial charge in [0.2, 0.25) is 0 Å². The van der Waals surface area contributed by atoms with E-state index in [9.17, 15) is 9.59 Å². The molecule has 1 heterocycles. The van der Waals surface area contributed by atoms with Crippen molar-refractivity contribution < 1.29 is 19.1 Å². The molecule has 0 bridgehead atoms. The quantitative estimate of drug-likeness (QED) is 0.322. The molecule has 0 aliphatic rings. The first-order valence-corrected chi connectivity index (χ1v) is 10.4. The number of rotatable bonds is 6. The smallest absolute Gasteiger partial charge is 0.329 e. The Bertz CT molecular complexity index is 1230. The molecule has 0 radical (unpaired) electrons. The summed E-state index contributed by atoms with van der Waals surface area (Å²) in [6, 6.07) is 12.7. The molecular formula is C24H25ClN4O4. The summed E-state index contributed by atoms with van der Waals surface area (Å²) in [5.74, 6) is -0.704. The van der Waals surface area contributed by atoms with E-state index in [0.29, 0.717) is 22.2 Å². The van der Waals surface area contributed by atoms with Crippen molar-refractivity contribution in [1.29, 1.82) is 0 Å². The van der Waals surface area contributed by atoms with Crippen LogP contribution < -0.4 is 20.2 Å². The molecule has 1 aromatic heterocycles. The molecule has 0 fully saturated rings. The lowest BCUT2D eigenvalue weighted by atomic mass is 10.2. The SMILES string of the molecule is COc1ccc(-n2c(C)cc(/C=N\NC(=O)C(=O)Nc3cc(C)ccc3OC)c2C)cc1Cl. The standard InChI is InChI=1S/C24H25ClN4O4/c1-14-6-8-22(33-5)20(10-14)27-23(30)24(31)28-26-13-17-11-15(2)29(16(17)3)18-7-9-21(32-4)19(25)12-18/h6-13H,1-5H3,(H,27,30)(H,28,31)/b26-13-. The predicted molar refractivity (Wildman–Crippen MR) is 129 cm³/mol. The summed E-state index contributed by atoms with van der Waals surface area (Å²) in [4.78, 5) is 24.4. The number of carbonyl (C=O) groups is 2. The van der Waals surface area contributed by atoms with Crippen LogP contribution in [-0.4, -0.2) is 36.8 Å². The average molecular weight is 469 g/mol. The minimum atomic E-state index is -0.898. The van der Waals surface area contributed by atoms with E-state index in [4.69, 9.17) is 21.1 Å². The van der Waals surface area contributed by atoms with Crippen molar-refractivity contribution in [3.8, 4) is 17.2 Å². The van der Waals surface area contributed by atoms with Crippen LogP contribution in [0.2, 0.25) is 5.02 Å². The Morgan fingerprint density at radius 1 is 0.970 bits per heavy atom. The Kier molecular flexibility index (Phi) is 7.40. The third-order valence-electron chi connectivity index (χ3n) is 5.04. The largest absolute Gasteiger partial charge is 0.495 e. The molecule has 0 spiro atoms. The summed E-state index contributed by atoms with van der Waals surface area (Å²) in [6.45, 7) is 5.74. The zero-order valence-electron chi connectivity index (χ0n) is 19.0.